The molecule has 1 aliphatic heterocycles. The van der Waals surface area contributed by atoms with Gasteiger partial charge in [-0.15, -0.1) is 0 Å². The molecule has 0 unspecified atom stereocenters. The fourth-order valence-electron chi connectivity index (χ4n) is 3.22. The van der Waals surface area contributed by atoms with Crippen LogP contribution in [-0.4, -0.2) is 25.9 Å². The second kappa shape index (κ2) is 7.26. The largest absolute Gasteiger partial charge is 0.494 e. The third-order valence-electron chi connectivity index (χ3n) is 4.37. The first-order valence-corrected chi connectivity index (χ1v) is 9.75. The van der Waals surface area contributed by atoms with Crippen molar-refractivity contribution in [3.8, 4) is 11.8 Å². The molecule has 130 valence electrons. The lowest BCUT2D eigenvalue weighted by molar-refractivity contribution is 0.339. The summed E-state index contributed by atoms with van der Waals surface area (Å²) in [7, 11) is -3.72. The van der Waals surface area contributed by atoms with Crippen LogP contribution in [0, 0.1) is 11.3 Å². The molecule has 0 aliphatic carbocycles. The normalized spacial score (nSPS) is 18.0. The van der Waals surface area contributed by atoms with Gasteiger partial charge in [0.1, 0.15) is 11.8 Å². The monoisotopic (exact) mass is 356 g/mol. The van der Waals surface area contributed by atoms with E-state index in [9.17, 15) is 13.7 Å². The van der Waals surface area contributed by atoms with Crippen molar-refractivity contribution >= 4 is 10.0 Å². The van der Waals surface area contributed by atoms with Gasteiger partial charge in [0.25, 0.3) is 0 Å². The van der Waals surface area contributed by atoms with E-state index in [2.05, 4.69) is 0 Å². The van der Waals surface area contributed by atoms with Gasteiger partial charge in [-0.05, 0) is 49.6 Å². The van der Waals surface area contributed by atoms with E-state index in [-0.39, 0.29) is 16.5 Å². The molecular weight excluding hydrogens is 336 g/mol. The molecule has 6 heteroatoms. The SMILES string of the molecule is CCOc1ccc([C@H]2CCCN2S(=O)(=O)c2ccccc2C#N)cc1. The maximum Gasteiger partial charge on any atom is 0.244 e. The molecule has 0 aromatic heterocycles. The lowest BCUT2D eigenvalue weighted by Gasteiger charge is -2.25. The molecule has 0 spiro atoms. The molecule has 3 rings (SSSR count). The molecule has 0 N–H and O–H groups in total. The van der Waals surface area contributed by atoms with Crippen LogP contribution >= 0.6 is 0 Å². The van der Waals surface area contributed by atoms with Crippen LogP contribution in [0.15, 0.2) is 53.4 Å². The zero-order valence-corrected chi connectivity index (χ0v) is 14.9. The first-order valence-electron chi connectivity index (χ1n) is 8.31. The molecule has 1 fully saturated rings. The molecule has 1 saturated heterocycles. The van der Waals surface area contributed by atoms with Gasteiger partial charge in [0.15, 0.2) is 0 Å². The Morgan fingerprint density at radius 3 is 2.60 bits per heavy atom. The topological polar surface area (TPSA) is 70.4 Å². The van der Waals surface area contributed by atoms with Crippen LogP contribution in [0.4, 0.5) is 0 Å². The molecule has 2 aromatic carbocycles. The minimum Gasteiger partial charge on any atom is -0.494 e. The van der Waals surface area contributed by atoms with E-state index in [1.807, 2.05) is 37.3 Å². The van der Waals surface area contributed by atoms with Crippen LogP contribution in [-0.2, 0) is 10.0 Å². The number of ether oxygens (including phenoxy) is 1. The first-order chi connectivity index (χ1) is 12.1. The Morgan fingerprint density at radius 2 is 1.92 bits per heavy atom. The molecule has 0 bridgehead atoms. The Morgan fingerprint density at radius 1 is 1.20 bits per heavy atom. The smallest absolute Gasteiger partial charge is 0.244 e. The Bertz CT molecular complexity index is 886. The summed E-state index contributed by atoms with van der Waals surface area (Å²) in [5.74, 6) is 0.772. The lowest BCUT2D eigenvalue weighted by atomic mass is 10.1. The van der Waals surface area contributed by atoms with Crippen molar-refractivity contribution in [2.45, 2.75) is 30.7 Å². The second-order valence-electron chi connectivity index (χ2n) is 5.88. The lowest BCUT2D eigenvalue weighted by Crippen LogP contribution is -2.31. The number of hydrogen-bond donors (Lipinski definition) is 0. The molecule has 1 aliphatic rings. The summed E-state index contributed by atoms with van der Waals surface area (Å²) in [6.07, 6.45) is 1.56. The Balaban J connectivity index is 1.94. The van der Waals surface area contributed by atoms with Crippen molar-refractivity contribution in [1.29, 1.82) is 5.26 Å². The molecule has 1 heterocycles. The molecule has 0 saturated carbocycles. The summed E-state index contributed by atoms with van der Waals surface area (Å²) in [5, 5.41) is 9.24. The van der Waals surface area contributed by atoms with Crippen molar-refractivity contribution < 1.29 is 13.2 Å². The van der Waals surface area contributed by atoms with Crippen LogP contribution in [0.2, 0.25) is 0 Å². The van der Waals surface area contributed by atoms with Gasteiger partial charge in [-0.3, -0.25) is 0 Å². The Hall–Kier alpha value is -2.36. The number of nitrogens with zero attached hydrogens (tertiary/aromatic N) is 2. The summed E-state index contributed by atoms with van der Waals surface area (Å²) in [6.45, 7) is 2.97. The van der Waals surface area contributed by atoms with Gasteiger partial charge in [-0.2, -0.15) is 9.57 Å². The van der Waals surface area contributed by atoms with Crippen LogP contribution in [0.25, 0.3) is 0 Å². The quantitative estimate of drug-likeness (QED) is 0.822. The maximum atomic E-state index is 13.1. The Kier molecular flexibility index (Phi) is 5.07. The van der Waals surface area contributed by atoms with Crippen molar-refractivity contribution in [3.05, 3.63) is 59.7 Å². The Labute approximate surface area is 148 Å². The highest BCUT2D eigenvalue weighted by Gasteiger charge is 2.37. The third kappa shape index (κ3) is 3.39. The van der Waals surface area contributed by atoms with E-state index < -0.39 is 10.0 Å². The van der Waals surface area contributed by atoms with Crippen LogP contribution < -0.4 is 4.74 Å². The van der Waals surface area contributed by atoms with Gasteiger partial charge < -0.3 is 4.74 Å². The second-order valence-corrected chi connectivity index (χ2v) is 7.74. The third-order valence-corrected chi connectivity index (χ3v) is 6.34. The molecule has 1 atom stereocenters. The number of rotatable bonds is 5. The fraction of sp³-hybridized carbons (Fsp3) is 0.316. The van der Waals surface area contributed by atoms with E-state index in [1.54, 1.807) is 12.1 Å². The number of hydrogen-bond acceptors (Lipinski definition) is 4. The molecule has 0 amide bonds. The van der Waals surface area contributed by atoms with E-state index in [4.69, 9.17) is 4.74 Å². The van der Waals surface area contributed by atoms with Crippen LogP contribution in [0.1, 0.15) is 36.9 Å². The fourth-order valence-corrected chi connectivity index (χ4v) is 5.05. The van der Waals surface area contributed by atoms with Gasteiger partial charge >= 0.3 is 0 Å². The molecule has 25 heavy (non-hydrogen) atoms. The minimum atomic E-state index is -3.72. The summed E-state index contributed by atoms with van der Waals surface area (Å²) in [4.78, 5) is 0.0790. The number of nitriles is 1. The highest BCUT2D eigenvalue weighted by atomic mass is 32.2. The summed E-state index contributed by atoms with van der Waals surface area (Å²) in [6, 6.07) is 15.7. The average molecular weight is 356 g/mol. The van der Waals surface area contributed by atoms with Crippen LogP contribution in [0.3, 0.4) is 0 Å². The molecule has 2 aromatic rings. The van der Waals surface area contributed by atoms with Crippen molar-refractivity contribution in [3.63, 3.8) is 0 Å². The standard InChI is InChI=1S/C19H20N2O3S/c1-2-24-17-11-9-15(10-12-17)18-7-5-13-21(18)25(22,23)19-8-4-3-6-16(19)14-20/h3-4,6,8-12,18H,2,5,7,13H2,1H3/t18-/m1/s1. The predicted molar refractivity (Wildman–Crippen MR) is 94.6 cm³/mol. The summed E-state index contributed by atoms with van der Waals surface area (Å²) >= 11 is 0. The van der Waals surface area contributed by atoms with Gasteiger partial charge in [0.2, 0.25) is 10.0 Å². The minimum absolute atomic E-state index is 0.0790. The van der Waals surface area contributed by atoms with E-state index in [0.717, 1.165) is 24.2 Å². The van der Waals surface area contributed by atoms with Crippen LogP contribution in [0.5, 0.6) is 5.75 Å². The maximum absolute atomic E-state index is 13.1. The predicted octanol–water partition coefficient (Wildman–Crippen LogP) is 3.48. The van der Waals surface area contributed by atoms with Gasteiger partial charge in [-0.25, -0.2) is 8.42 Å². The zero-order valence-electron chi connectivity index (χ0n) is 14.1. The number of benzene rings is 2. The van der Waals surface area contributed by atoms with Crippen molar-refractivity contribution in [1.82, 2.24) is 4.31 Å². The molecule has 0 radical (unpaired) electrons. The van der Waals surface area contributed by atoms with E-state index in [1.165, 1.54) is 16.4 Å². The zero-order chi connectivity index (χ0) is 17.9. The highest BCUT2D eigenvalue weighted by molar-refractivity contribution is 7.89. The van der Waals surface area contributed by atoms with Gasteiger partial charge in [0.05, 0.1) is 23.1 Å². The number of sulfonamides is 1. The highest BCUT2D eigenvalue weighted by Crippen LogP contribution is 2.37. The van der Waals surface area contributed by atoms with E-state index in [0.29, 0.717) is 13.2 Å². The summed E-state index contributed by atoms with van der Waals surface area (Å²) < 4.78 is 33.2. The van der Waals surface area contributed by atoms with Crippen molar-refractivity contribution in [2.24, 2.45) is 0 Å². The van der Waals surface area contributed by atoms with E-state index >= 15 is 0 Å². The summed E-state index contributed by atoms with van der Waals surface area (Å²) in [5.41, 5.74) is 1.12. The van der Waals surface area contributed by atoms with Gasteiger partial charge in [0, 0.05) is 6.54 Å². The average Bonchev–Trinajstić information content (AvgIpc) is 3.13. The molecular formula is C19H20N2O3S. The van der Waals surface area contributed by atoms with Crippen molar-refractivity contribution in [2.75, 3.05) is 13.2 Å². The first kappa shape index (κ1) is 17.5. The molecule has 5 nitrogen and oxygen atoms in total. The van der Waals surface area contributed by atoms with Gasteiger partial charge in [-0.1, -0.05) is 24.3 Å².